The van der Waals surface area contributed by atoms with Crippen molar-refractivity contribution < 1.29 is 4.79 Å². The molecule has 2 saturated heterocycles. The molecule has 2 N–H and O–H groups in total. The standard InChI is InChI=1S/C16H29N3O/c1-12-10-18-9-5-4-6-13(18)11-19(12)16(20)14-7-2-3-8-15(14)17/h12-15H,2-11,17H2,1H3. The number of carbonyl (C=O) groups excluding carboxylic acids is 1. The molecule has 0 spiro atoms. The Hall–Kier alpha value is -0.610. The quantitative estimate of drug-likeness (QED) is 0.793. The number of hydrogen-bond donors (Lipinski definition) is 1. The summed E-state index contributed by atoms with van der Waals surface area (Å²) in [5, 5.41) is 0. The number of nitrogens with two attached hydrogens (primary N) is 1. The fourth-order valence-corrected chi connectivity index (χ4v) is 4.34. The Morgan fingerprint density at radius 2 is 1.80 bits per heavy atom. The molecule has 0 bridgehead atoms. The Kier molecular flexibility index (Phi) is 4.32. The Morgan fingerprint density at radius 1 is 1.05 bits per heavy atom. The van der Waals surface area contributed by atoms with E-state index in [4.69, 9.17) is 5.73 Å². The van der Waals surface area contributed by atoms with Gasteiger partial charge in [0.2, 0.25) is 5.91 Å². The third-order valence-corrected chi connectivity index (χ3v) is 5.61. The first kappa shape index (κ1) is 14.3. The number of rotatable bonds is 1. The molecular formula is C16H29N3O. The number of carbonyl (C=O) groups is 1. The summed E-state index contributed by atoms with van der Waals surface area (Å²) in [7, 11) is 0. The molecule has 0 radical (unpaired) electrons. The minimum Gasteiger partial charge on any atom is -0.337 e. The first-order valence-corrected chi connectivity index (χ1v) is 8.47. The first-order chi connectivity index (χ1) is 9.66. The molecule has 1 amide bonds. The van der Waals surface area contributed by atoms with Crippen molar-refractivity contribution in [2.75, 3.05) is 19.6 Å². The van der Waals surface area contributed by atoms with E-state index in [1.165, 1.54) is 38.6 Å². The van der Waals surface area contributed by atoms with Crippen molar-refractivity contribution in [3.63, 3.8) is 0 Å². The highest BCUT2D eigenvalue weighted by molar-refractivity contribution is 5.80. The van der Waals surface area contributed by atoms with Crippen molar-refractivity contribution >= 4 is 5.91 Å². The molecule has 0 aromatic heterocycles. The summed E-state index contributed by atoms with van der Waals surface area (Å²) in [5.41, 5.74) is 6.21. The second-order valence-corrected chi connectivity index (χ2v) is 7.04. The van der Waals surface area contributed by atoms with Crippen LogP contribution in [-0.4, -0.2) is 53.5 Å². The third kappa shape index (κ3) is 2.73. The Balaban J connectivity index is 1.67. The van der Waals surface area contributed by atoms with Gasteiger partial charge >= 0.3 is 0 Å². The molecule has 0 aromatic carbocycles. The normalized spacial score (nSPS) is 39.4. The van der Waals surface area contributed by atoms with Crippen LogP contribution in [-0.2, 0) is 4.79 Å². The Bertz CT molecular complexity index is 360. The van der Waals surface area contributed by atoms with Crippen molar-refractivity contribution in [3.05, 3.63) is 0 Å². The minimum absolute atomic E-state index is 0.0846. The van der Waals surface area contributed by atoms with Crippen LogP contribution < -0.4 is 5.73 Å². The monoisotopic (exact) mass is 279 g/mol. The smallest absolute Gasteiger partial charge is 0.227 e. The Labute approximate surface area is 122 Å². The molecule has 114 valence electrons. The predicted octanol–water partition coefficient (Wildman–Crippen LogP) is 1.59. The highest BCUT2D eigenvalue weighted by atomic mass is 16.2. The lowest BCUT2D eigenvalue weighted by molar-refractivity contribution is -0.144. The van der Waals surface area contributed by atoms with Gasteiger partial charge in [0, 0.05) is 31.2 Å². The zero-order valence-electron chi connectivity index (χ0n) is 12.8. The molecule has 4 nitrogen and oxygen atoms in total. The molecule has 4 heteroatoms. The second kappa shape index (κ2) is 6.02. The van der Waals surface area contributed by atoms with Gasteiger partial charge in [-0.15, -0.1) is 0 Å². The first-order valence-electron chi connectivity index (χ1n) is 8.47. The summed E-state index contributed by atoms with van der Waals surface area (Å²) >= 11 is 0. The van der Waals surface area contributed by atoms with E-state index >= 15 is 0 Å². The summed E-state index contributed by atoms with van der Waals surface area (Å²) in [4.78, 5) is 17.6. The van der Waals surface area contributed by atoms with E-state index in [-0.39, 0.29) is 12.0 Å². The molecule has 4 unspecified atom stereocenters. The number of amides is 1. The van der Waals surface area contributed by atoms with Crippen LogP contribution in [0.1, 0.15) is 51.9 Å². The number of fused-ring (bicyclic) bond motifs is 1. The van der Waals surface area contributed by atoms with Crippen molar-refractivity contribution in [2.24, 2.45) is 11.7 Å². The number of nitrogens with zero attached hydrogens (tertiary/aromatic N) is 2. The average Bonchev–Trinajstić information content (AvgIpc) is 2.46. The lowest BCUT2D eigenvalue weighted by Crippen LogP contribution is -2.62. The fourth-order valence-electron chi connectivity index (χ4n) is 4.34. The fraction of sp³-hybridized carbons (Fsp3) is 0.938. The summed E-state index contributed by atoms with van der Waals surface area (Å²) in [6.07, 6.45) is 8.28. The maximum atomic E-state index is 12.9. The van der Waals surface area contributed by atoms with Crippen LogP contribution >= 0.6 is 0 Å². The molecule has 0 aromatic rings. The van der Waals surface area contributed by atoms with E-state index in [1.54, 1.807) is 0 Å². The zero-order valence-corrected chi connectivity index (χ0v) is 12.8. The molecule has 3 rings (SSSR count). The van der Waals surface area contributed by atoms with Gasteiger partial charge in [0.1, 0.15) is 0 Å². The number of hydrogen-bond acceptors (Lipinski definition) is 3. The summed E-state index contributed by atoms with van der Waals surface area (Å²) in [6, 6.07) is 1.04. The van der Waals surface area contributed by atoms with Gasteiger partial charge in [0.25, 0.3) is 0 Å². The molecule has 3 aliphatic rings. The molecule has 3 fully saturated rings. The van der Waals surface area contributed by atoms with E-state index in [0.717, 1.165) is 25.9 Å². The van der Waals surface area contributed by atoms with Gasteiger partial charge in [-0.2, -0.15) is 0 Å². The van der Waals surface area contributed by atoms with Gasteiger partial charge in [-0.05, 0) is 39.2 Å². The molecule has 2 heterocycles. The SMILES string of the molecule is CC1CN2CCCCC2CN1C(=O)C1CCCCC1N. The largest absolute Gasteiger partial charge is 0.337 e. The van der Waals surface area contributed by atoms with Gasteiger partial charge in [0.05, 0.1) is 5.92 Å². The maximum Gasteiger partial charge on any atom is 0.227 e. The van der Waals surface area contributed by atoms with E-state index < -0.39 is 0 Å². The van der Waals surface area contributed by atoms with Crippen LogP contribution in [0, 0.1) is 5.92 Å². The van der Waals surface area contributed by atoms with Gasteiger partial charge < -0.3 is 10.6 Å². The molecular weight excluding hydrogens is 250 g/mol. The van der Waals surface area contributed by atoms with Crippen LogP contribution in [0.15, 0.2) is 0 Å². The van der Waals surface area contributed by atoms with Crippen LogP contribution in [0.4, 0.5) is 0 Å². The van der Waals surface area contributed by atoms with Crippen molar-refractivity contribution in [1.29, 1.82) is 0 Å². The van der Waals surface area contributed by atoms with Gasteiger partial charge in [0.15, 0.2) is 0 Å². The molecule has 20 heavy (non-hydrogen) atoms. The van der Waals surface area contributed by atoms with Crippen LogP contribution in [0.2, 0.25) is 0 Å². The Morgan fingerprint density at radius 3 is 2.60 bits per heavy atom. The lowest BCUT2D eigenvalue weighted by atomic mass is 9.83. The zero-order chi connectivity index (χ0) is 14.1. The highest BCUT2D eigenvalue weighted by Crippen LogP contribution is 2.29. The van der Waals surface area contributed by atoms with Gasteiger partial charge in [-0.1, -0.05) is 19.3 Å². The average molecular weight is 279 g/mol. The summed E-state index contributed by atoms with van der Waals surface area (Å²) in [6.45, 7) is 5.42. The van der Waals surface area contributed by atoms with Gasteiger partial charge in [-0.3, -0.25) is 9.69 Å². The van der Waals surface area contributed by atoms with Crippen LogP contribution in [0.3, 0.4) is 0 Å². The molecule has 1 aliphatic carbocycles. The van der Waals surface area contributed by atoms with E-state index in [2.05, 4.69) is 16.7 Å². The van der Waals surface area contributed by atoms with Gasteiger partial charge in [-0.25, -0.2) is 0 Å². The minimum atomic E-state index is 0.0846. The highest BCUT2D eigenvalue weighted by Gasteiger charge is 2.39. The predicted molar refractivity (Wildman–Crippen MR) is 80.3 cm³/mol. The lowest BCUT2D eigenvalue weighted by Gasteiger charge is -2.48. The summed E-state index contributed by atoms with van der Waals surface area (Å²) in [5.74, 6) is 0.427. The van der Waals surface area contributed by atoms with Crippen molar-refractivity contribution in [1.82, 2.24) is 9.80 Å². The van der Waals surface area contributed by atoms with Crippen LogP contribution in [0.5, 0.6) is 0 Å². The van der Waals surface area contributed by atoms with E-state index in [0.29, 0.717) is 18.0 Å². The second-order valence-electron chi connectivity index (χ2n) is 7.04. The molecule has 2 aliphatic heterocycles. The topological polar surface area (TPSA) is 49.6 Å². The number of piperidine rings is 1. The van der Waals surface area contributed by atoms with E-state index in [1.807, 2.05) is 0 Å². The third-order valence-electron chi connectivity index (χ3n) is 5.61. The van der Waals surface area contributed by atoms with Crippen LogP contribution in [0.25, 0.3) is 0 Å². The summed E-state index contributed by atoms with van der Waals surface area (Å²) < 4.78 is 0. The maximum absolute atomic E-state index is 12.9. The van der Waals surface area contributed by atoms with E-state index in [9.17, 15) is 4.79 Å². The van der Waals surface area contributed by atoms with Crippen molar-refractivity contribution in [3.8, 4) is 0 Å². The number of piperazine rings is 1. The molecule has 4 atom stereocenters. The van der Waals surface area contributed by atoms with Crippen molar-refractivity contribution in [2.45, 2.75) is 70.0 Å². The molecule has 1 saturated carbocycles.